The van der Waals surface area contributed by atoms with Crippen molar-refractivity contribution in [1.82, 2.24) is 14.9 Å². The van der Waals surface area contributed by atoms with Gasteiger partial charge in [0.1, 0.15) is 27.2 Å². The lowest BCUT2D eigenvalue weighted by atomic mass is 9.84. The van der Waals surface area contributed by atoms with Gasteiger partial charge in [-0.2, -0.15) is 26.3 Å². The number of aliphatic hydroxyl groups is 1. The smallest absolute Gasteiger partial charge is 0.388 e. The van der Waals surface area contributed by atoms with Crippen molar-refractivity contribution in [3.05, 3.63) is 46.8 Å². The van der Waals surface area contributed by atoms with E-state index >= 15 is 0 Å². The Morgan fingerprint density at radius 1 is 1.18 bits per heavy atom. The molecular weight excluding hydrogens is 571 g/mol. The number of carbonyl (C=O) groups excluding carboxylic acids is 1. The zero-order valence-corrected chi connectivity index (χ0v) is 22.8. The van der Waals surface area contributed by atoms with E-state index in [4.69, 9.17) is 0 Å². The summed E-state index contributed by atoms with van der Waals surface area (Å²) in [6.07, 6.45) is -10.6. The number of benzene rings is 1. The molecule has 1 aromatic carbocycles. The summed E-state index contributed by atoms with van der Waals surface area (Å²) < 4.78 is 117. The number of hydrogen-bond acceptors (Lipinski definition) is 5. The molecule has 1 aromatic heterocycles. The fourth-order valence-corrected chi connectivity index (χ4v) is 5.99. The number of hydrogen-bond donors (Lipinski definition) is 2. The highest BCUT2D eigenvalue weighted by Gasteiger charge is 2.56. The van der Waals surface area contributed by atoms with Gasteiger partial charge in [-0.1, -0.05) is 13.0 Å². The maximum absolute atomic E-state index is 14.8. The van der Waals surface area contributed by atoms with Crippen molar-refractivity contribution in [3.63, 3.8) is 0 Å². The monoisotopic (exact) mass is 601 g/mol. The molecule has 1 aliphatic carbocycles. The van der Waals surface area contributed by atoms with Crippen LogP contribution in [-0.4, -0.2) is 65.0 Å². The Bertz CT molecular complexity index is 1330. The lowest BCUT2D eigenvalue weighted by Gasteiger charge is -2.35. The molecule has 1 amide bonds. The summed E-state index contributed by atoms with van der Waals surface area (Å²) >= 11 is 0. The maximum Gasteiger partial charge on any atom is 0.400 e. The van der Waals surface area contributed by atoms with E-state index in [0.717, 1.165) is 24.5 Å². The van der Waals surface area contributed by atoms with E-state index in [2.05, 4.69) is 10.3 Å². The average molecular weight is 602 g/mol. The van der Waals surface area contributed by atoms with Gasteiger partial charge in [-0.25, -0.2) is 17.8 Å². The quantitative estimate of drug-likeness (QED) is 0.431. The van der Waals surface area contributed by atoms with Crippen LogP contribution in [0, 0.1) is 18.7 Å². The van der Waals surface area contributed by atoms with E-state index in [-0.39, 0.29) is 61.5 Å². The van der Waals surface area contributed by atoms with Crippen molar-refractivity contribution in [2.75, 3.05) is 12.8 Å². The van der Waals surface area contributed by atoms with Gasteiger partial charge in [-0.3, -0.25) is 4.79 Å². The van der Waals surface area contributed by atoms with Crippen LogP contribution in [0.2, 0.25) is 0 Å². The first kappa shape index (κ1) is 31.8. The van der Waals surface area contributed by atoms with Crippen molar-refractivity contribution in [1.29, 1.82) is 0 Å². The van der Waals surface area contributed by atoms with E-state index in [0.29, 0.717) is 0 Å². The lowest BCUT2D eigenvalue weighted by molar-refractivity contribution is -0.283. The molecule has 0 unspecified atom stereocenters. The highest BCUT2D eigenvalue weighted by Crippen LogP contribution is 2.41. The van der Waals surface area contributed by atoms with Crippen LogP contribution in [0.5, 0.6) is 0 Å². The second-order valence-corrected chi connectivity index (χ2v) is 12.5. The highest BCUT2D eigenvalue weighted by molar-refractivity contribution is 7.91. The Morgan fingerprint density at radius 3 is 2.23 bits per heavy atom. The summed E-state index contributed by atoms with van der Waals surface area (Å²) in [5.41, 5.74) is -1.86. The third kappa shape index (κ3) is 7.14. The molecule has 7 nitrogen and oxygen atoms in total. The van der Waals surface area contributed by atoms with Crippen LogP contribution in [0.3, 0.4) is 0 Å². The first-order valence-corrected chi connectivity index (χ1v) is 14.4. The Labute approximate surface area is 226 Å². The molecule has 15 heteroatoms. The third-order valence-corrected chi connectivity index (χ3v) is 8.95. The van der Waals surface area contributed by atoms with Gasteiger partial charge in [0.05, 0.1) is 16.5 Å². The van der Waals surface area contributed by atoms with E-state index in [9.17, 15) is 49.1 Å². The van der Waals surface area contributed by atoms with Crippen molar-refractivity contribution in [2.45, 2.75) is 75.6 Å². The van der Waals surface area contributed by atoms with E-state index in [1.54, 1.807) is 6.92 Å². The van der Waals surface area contributed by atoms with Gasteiger partial charge >= 0.3 is 12.4 Å². The average Bonchev–Trinajstić information content (AvgIpc) is 3.16. The minimum absolute atomic E-state index is 0.0513. The summed E-state index contributed by atoms with van der Waals surface area (Å²) in [5.74, 6) is -5.39. The molecule has 0 aliphatic heterocycles. The number of aromatic nitrogens is 2. The Balaban J connectivity index is 1.80. The molecule has 0 bridgehead atoms. The molecule has 1 aliphatic rings. The van der Waals surface area contributed by atoms with Crippen LogP contribution >= 0.6 is 0 Å². The first-order valence-electron chi connectivity index (χ1n) is 12.5. The second-order valence-electron chi connectivity index (χ2n) is 10.2. The van der Waals surface area contributed by atoms with Crippen LogP contribution in [0.4, 0.5) is 30.7 Å². The van der Waals surface area contributed by atoms with Crippen LogP contribution < -0.4 is 5.32 Å². The van der Waals surface area contributed by atoms with Gasteiger partial charge in [0.2, 0.25) is 0 Å². The Hall–Kier alpha value is -2.68. The molecule has 1 heterocycles. The number of alkyl halides is 6. The van der Waals surface area contributed by atoms with Crippen LogP contribution in [0.1, 0.15) is 60.2 Å². The number of nitrogens with one attached hydrogen (secondary N) is 1. The Morgan fingerprint density at radius 2 is 1.75 bits per heavy atom. The van der Waals surface area contributed by atoms with E-state index in [1.807, 2.05) is 0 Å². The number of carbonyl (C=O) groups is 1. The molecule has 0 atom stereocenters. The summed E-state index contributed by atoms with van der Waals surface area (Å²) in [5, 5.41) is 12.8. The maximum atomic E-state index is 14.8. The minimum atomic E-state index is -5.61. The molecule has 3 rings (SSSR count). The van der Waals surface area contributed by atoms with E-state index in [1.165, 1.54) is 11.5 Å². The van der Waals surface area contributed by atoms with E-state index < -0.39 is 62.7 Å². The first-order chi connectivity index (χ1) is 18.3. The van der Waals surface area contributed by atoms with Crippen LogP contribution in [0.15, 0.2) is 18.2 Å². The predicted molar refractivity (Wildman–Crippen MR) is 131 cm³/mol. The zero-order chi connectivity index (χ0) is 30.3. The van der Waals surface area contributed by atoms with Crippen molar-refractivity contribution in [2.24, 2.45) is 5.92 Å². The van der Waals surface area contributed by atoms with Crippen molar-refractivity contribution in [3.8, 4) is 5.69 Å². The summed E-state index contributed by atoms with van der Waals surface area (Å²) in [7, 11) is -3.25. The van der Waals surface area contributed by atoms with Crippen molar-refractivity contribution >= 4 is 15.7 Å². The zero-order valence-electron chi connectivity index (χ0n) is 22.0. The molecule has 1 fully saturated rings. The summed E-state index contributed by atoms with van der Waals surface area (Å²) in [6, 6.07) is 2.79. The molecule has 2 N–H and O–H groups in total. The minimum Gasteiger partial charge on any atom is -0.388 e. The SMILES string of the molecule is CCc1nc(C(=O)NCC2(O)CCC(S(C)(=O)=O)CC2)c(C)n1-c1ccc(CC(C(F)(F)F)C(F)(F)F)c(F)c1. The molecular formula is C25H30F7N3O4S. The van der Waals surface area contributed by atoms with Crippen LogP contribution in [-0.2, 0) is 22.7 Å². The number of halogens is 7. The molecule has 40 heavy (non-hydrogen) atoms. The molecule has 0 spiro atoms. The molecule has 0 radical (unpaired) electrons. The van der Waals surface area contributed by atoms with Gasteiger partial charge < -0.3 is 15.0 Å². The molecule has 2 aromatic rings. The second kappa shape index (κ2) is 11.3. The Kier molecular flexibility index (Phi) is 9.00. The lowest BCUT2D eigenvalue weighted by Crippen LogP contribution is -2.47. The fraction of sp³-hybridized carbons (Fsp3) is 0.600. The number of imidazole rings is 1. The number of nitrogens with zero attached hydrogens (tertiary/aromatic N) is 2. The summed E-state index contributed by atoms with van der Waals surface area (Å²) in [4.78, 5) is 17.2. The third-order valence-electron chi connectivity index (χ3n) is 7.26. The van der Waals surface area contributed by atoms with Gasteiger partial charge in [0.15, 0.2) is 5.92 Å². The molecule has 224 valence electrons. The van der Waals surface area contributed by atoms with Crippen molar-refractivity contribution < 1.29 is 49.1 Å². The number of amides is 1. The fourth-order valence-electron chi connectivity index (χ4n) is 4.89. The molecule has 0 saturated heterocycles. The van der Waals surface area contributed by atoms with Gasteiger partial charge in [-0.05, 0) is 56.7 Å². The number of aryl methyl sites for hydroxylation is 1. The van der Waals surface area contributed by atoms with Gasteiger partial charge in [0.25, 0.3) is 5.91 Å². The summed E-state index contributed by atoms with van der Waals surface area (Å²) in [6.45, 7) is 3.01. The highest BCUT2D eigenvalue weighted by atomic mass is 32.2. The number of rotatable bonds is 8. The van der Waals surface area contributed by atoms with Gasteiger partial charge in [-0.15, -0.1) is 0 Å². The number of sulfone groups is 1. The normalized spacial score (nSPS) is 20.6. The van der Waals surface area contributed by atoms with Crippen LogP contribution in [0.25, 0.3) is 5.69 Å². The molecule has 1 saturated carbocycles. The predicted octanol–water partition coefficient (Wildman–Crippen LogP) is 4.61. The van der Waals surface area contributed by atoms with Gasteiger partial charge in [0, 0.05) is 24.9 Å². The topological polar surface area (TPSA) is 101 Å². The standard InChI is InChI=1S/C25H30F7N3O4S/c1-4-20-34-21(22(36)33-13-23(37)9-7-17(8-10-23)40(3,38)39)14(2)35(20)16-6-5-15(18(26)12-16)11-19(24(27,28)29)25(30,31)32/h5-6,12,17,19,37H,4,7-11,13H2,1-3H3,(H,33,36). The largest absolute Gasteiger partial charge is 0.400 e.